The van der Waals surface area contributed by atoms with E-state index in [1.807, 2.05) is 34.6 Å². The van der Waals surface area contributed by atoms with E-state index in [1.165, 1.54) is 28.8 Å². The van der Waals surface area contributed by atoms with Gasteiger partial charge in [0.15, 0.2) is 0 Å². The quantitative estimate of drug-likeness (QED) is 0.111. The van der Waals surface area contributed by atoms with E-state index in [-0.39, 0.29) is 66.7 Å². The summed E-state index contributed by atoms with van der Waals surface area (Å²) < 4.78 is 40.3. The molecule has 3 N–H and O–H groups in total. The minimum atomic E-state index is -1.45. The Balaban J connectivity index is 0.000000161. The largest absolute Gasteiger partial charge is 0.460 e. The molecule has 25 heteroatoms. The van der Waals surface area contributed by atoms with Crippen molar-refractivity contribution < 1.29 is 26.6 Å². The number of hydrogen-bond donors (Lipinski definition) is 3. The maximum absolute atomic E-state index is 12.2. The monoisotopic (exact) mass is 1100 g/mol. The highest BCUT2D eigenvalue weighted by Gasteiger charge is 2.25. The first-order chi connectivity index (χ1) is 35.2. The molecule has 0 amide bonds. The average molecular weight is 1110 g/mol. The Morgan fingerprint density at radius 1 is 0.716 bits per heavy atom. The van der Waals surface area contributed by atoms with Crippen LogP contribution in [0.2, 0.25) is 0 Å². The lowest BCUT2D eigenvalue weighted by molar-refractivity contribution is 0.331. The van der Waals surface area contributed by atoms with Crippen LogP contribution in [0.3, 0.4) is 0 Å². The molecule has 74 heavy (non-hydrogen) atoms. The van der Waals surface area contributed by atoms with Crippen molar-refractivity contribution >= 4 is 71.1 Å². The first-order valence-corrected chi connectivity index (χ1v) is 25.5. The molecule has 0 radical (unpaired) electrons. The lowest BCUT2D eigenvalue weighted by atomic mass is 10.1. The van der Waals surface area contributed by atoms with Gasteiger partial charge in [0.1, 0.15) is 38.4 Å². The van der Waals surface area contributed by atoms with Crippen LogP contribution < -0.4 is 55.2 Å². The van der Waals surface area contributed by atoms with Gasteiger partial charge in [-0.3, -0.25) is 47.5 Å². The van der Waals surface area contributed by atoms with Crippen LogP contribution >= 0.6 is 15.9 Å². The topological polar surface area (TPSA) is 328 Å². The Bertz CT molecular complexity index is 4040. The van der Waals surface area contributed by atoms with Gasteiger partial charge >= 0.3 is 28.2 Å². The Morgan fingerprint density at radius 2 is 1.26 bits per heavy atom. The first kappa shape index (κ1) is 55.6. The van der Waals surface area contributed by atoms with Crippen LogP contribution in [0.25, 0.3) is 44.4 Å². The normalized spacial score (nSPS) is 12.5. The summed E-state index contributed by atoms with van der Waals surface area (Å²) in [7, 11) is -1.45. The van der Waals surface area contributed by atoms with E-state index >= 15 is 0 Å². The summed E-state index contributed by atoms with van der Waals surface area (Å²) in [5, 5.41) is 1.05. The number of rotatable bonds is 12. The van der Waals surface area contributed by atoms with E-state index in [1.54, 1.807) is 25.3 Å². The molecule has 8 aromatic rings. The molecule has 1 saturated carbocycles. The fraction of sp³-hybridized carbons (Fsp3) is 0.388. The number of aromatic nitrogens is 8. The van der Waals surface area contributed by atoms with Crippen molar-refractivity contribution in [1.29, 1.82) is 0 Å². The van der Waals surface area contributed by atoms with Gasteiger partial charge in [-0.25, -0.2) is 24.0 Å². The third-order valence-corrected chi connectivity index (χ3v) is 13.7. The molecule has 8 heterocycles. The summed E-state index contributed by atoms with van der Waals surface area (Å²) in [4.78, 5) is 125. The molecule has 0 saturated heterocycles. The van der Waals surface area contributed by atoms with Crippen LogP contribution in [0, 0.1) is 12.8 Å². The highest BCUT2D eigenvalue weighted by atomic mass is 79.9. The van der Waals surface area contributed by atoms with Gasteiger partial charge in [-0.15, -0.1) is 0 Å². The van der Waals surface area contributed by atoms with Crippen molar-refractivity contribution in [2.45, 2.75) is 117 Å². The van der Waals surface area contributed by atoms with Crippen LogP contribution in [-0.2, 0) is 49.6 Å². The van der Waals surface area contributed by atoms with Crippen LogP contribution in [0.4, 0.5) is 0 Å². The summed E-state index contributed by atoms with van der Waals surface area (Å²) in [6.45, 7) is 19.2. The molecule has 0 aliphatic heterocycles. The Morgan fingerprint density at radius 3 is 1.81 bits per heavy atom. The maximum atomic E-state index is 12.2. The molecule has 1 aliphatic carbocycles. The zero-order chi connectivity index (χ0) is 54.3. The number of hydrogen-bond acceptors (Lipinski definition) is 18. The molecule has 9 rings (SSSR count). The summed E-state index contributed by atoms with van der Waals surface area (Å²) in [6, 6.07) is 3.94. The third-order valence-electron chi connectivity index (χ3n) is 11.5. The van der Waals surface area contributed by atoms with Gasteiger partial charge in [0.2, 0.25) is 28.0 Å². The first-order valence-electron chi connectivity index (χ1n) is 23.5. The van der Waals surface area contributed by atoms with Gasteiger partial charge in [0.05, 0.1) is 10.8 Å². The second-order valence-corrected chi connectivity index (χ2v) is 19.5. The third kappa shape index (κ3) is 12.2. The molecule has 1 aliphatic rings. The van der Waals surface area contributed by atoms with Crippen molar-refractivity contribution in [1.82, 2.24) is 39.0 Å². The predicted octanol–water partition coefficient (Wildman–Crippen LogP) is 4.58. The van der Waals surface area contributed by atoms with Crippen LogP contribution in [-0.4, -0.2) is 55.1 Å². The second-order valence-electron chi connectivity index (χ2n) is 16.8. The summed E-state index contributed by atoms with van der Waals surface area (Å²) in [6.07, 6.45) is 5.79. The molecule has 23 nitrogen and oxygen atoms in total. The van der Waals surface area contributed by atoms with Gasteiger partial charge in [-0.05, 0) is 96.5 Å². The Hall–Kier alpha value is -7.67. The number of fused-ring (bicyclic) bond motifs is 4. The van der Waals surface area contributed by atoms with E-state index in [9.17, 15) is 47.4 Å². The number of nitrogens with zero attached hydrogens (tertiary/aromatic N) is 5. The average Bonchev–Trinajstić information content (AvgIpc) is 4.18. The molecule has 8 aromatic heterocycles. The molecular weight excluding hydrogens is 1050 g/mol. The second kappa shape index (κ2) is 23.9. The lowest BCUT2D eigenvalue weighted by Crippen LogP contribution is -2.32. The van der Waals surface area contributed by atoms with Gasteiger partial charge in [-0.2, -0.15) is 15.0 Å². The summed E-state index contributed by atoms with van der Waals surface area (Å²) in [5.41, 5.74) is -1.54. The molecule has 392 valence electrons. The molecule has 1 atom stereocenters. The van der Waals surface area contributed by atoms with Gasteiger partial charge in [0, 0.05) is 36.5 Å². The van der Waals surface area contributed by atoms with Crippen LogP contribution in [0.15, 0.2) is 101 Å². The highest BCUT2D eigenvalue weighted by molar-refractivity contribution is 9.10. The number of nitrogens with one attached hydrogen (secondary N) is 3. The zero-order valence-corrected chi connectivity index (χ0v) is 44.1. The lowest BCUT2D eigenvalue weighted by Gasteiger charge is -2.08. The van der Waals surface area contributed by atoms with E-state index in [0.29, 0.717) is 83.5 Å². The molecule has 0 bridgehead atoms. The van der Waals surface area contributed by atoms with Crippen molar-refractivity contribution in [3.05, 3.63) is 157 Å². The maximum Gasteiger partial charge on any atom is 0.352 e. The van der Waals surface area contributed by atoms with Crippen LogP contribution in [0.1, 0.15) is 89.4 Å². The van der Waals surface area contributed by atoms with E-state index in [4.69, 9.17) is 22.4 Å². The number of aromatic amines is 3. The van der Waals surface area contributed by atoms with E-state index in [0.717, 1.165) is 12.8 Å². The van der Waals surface area contributed by atoms with Crippen molar-refractivity contribution in [3.8, 4) is 6.01 Å². The predicted molar refractivity (Wildman–Crippen MR) is 279 cm³/mol. The number of H-pyrrole nitrogens is 3. The van der Waals surface area contributed by atoms with Crippen LogP contribution in [0.5, 0.6) is 6.01 Å². The van der Waals surface area contributed by atoms with Crippen molar-refractivity contribution in [2.24, 2.45) is 5.92 Å². The zero-order valence-electron chi connectivity index (χ0n) is 41.7. The fourth-order valence-corrected chi connectivity index (χ4v) is 9.03. The minimum Gasteiger partial charge on any atom is -0.460 e. The number of ether oxygens (including phenoxy) is 1. The van der Waals surface area contributed by atoms with Crippen molar-refractivity contribution in [3.63, 3.8) is 0 Å². The fourth-order valence-electron chi connectivity index (χ4n) is 7.66. The molecule has 1 unspecified atom stereocenters. The van der Waals surface area contributed by atoms with Crippen molar-refractivity contribution in [2.75, 3.05) is 6.61 Å². The van der Waals surface area contributed by atoms with Gasteiger partial charge in [0.25, 0.3) is 28.2 Å². The van der Waals surface area contributed by atoms with Gasteiger partial charge in [-0.1, -0.05) is 54.2 Å². The van der Waals surface area contributed by atoms with E-state index in [2.05, 4.69) is 52.4 Å². The Kier molecular flexibility index (Phi) is 18.0. The number of halogens is 1. The smallest absolute Gasteiger partial charge is 0.352 e. The molecular formula is C49H53BrN8O15S. The minimum absolute atomic E-state index is 0.00933. The van der Waals surface area contributed by atoms with Gasteiger partial charge < -0.3 is 22.4 Å². The highest BCUT2D eigenvalue weighted by Crippen LogP contribution is 2.31. The molecule has 1 fully saturated rings. The molecule has 0 aromatic carbocycles. The SMILES string of the molecule is C=CCOc1nc2oc(=O)c(Br)c(CC)c2c(=O)[nH]1.CCc1cc(=O)oc2c1c(=O)[nH]c(=O)n2CC1CC1.CCc1cc(=O)oc2nc(C)n(CC)c(=O)c12.CCc1cc(=O)oc2nc(S(=O)C(C)C)[nH]c(=O)c12. The molecule has 0 spiro atoms. The summed E-state index contributed by atoms with van der Waals surface area (Å²) in [5.74, 6) is 0.990. The standard InChI is InChI=1S/C13H14N2O4.C12H11BrN2O4.C12H14N2O4S.C12H14N2O3/c1-2-8-5-9(16)19-12-10(8)11(17)14-13(18)15(12)6-7-3-4-7;1-3-5-18-12-14-9(16)7-6(4-2)8(13)11(17)19-10(7)15-12;1-4-7-5-8(15)18-11-9(7)10(16)13-12(14-11)19(17)6(2)3;1-4-8-6-9(15)17-11-10(8)12(16)14(5-2)7(3)13-11/h5,7H,2-4,6H2,1H3,(H,14,17,18);3H,1,4-5H2,2H3,(H,14,15,16);5-6H,4H2,1-3H3,(H,13,14,16);6H,4-5H2,1-3H3. The van der Waals surface area contributed by atoms with E-state index < -0.39 is 55.7 Å². The number of aryl methyl sites for hydroxylation is 5. The summed E-state index contributed by atoms with van der Waals surface area (Å²) >= 11 is 3.12. The Labute approximate surface area is 428 Å².